The molecule has 1 aliphatic carbocycles. The van der Waals surface area contributed by atoms with Gasteiger partial charge in [-0.2, -0.15) is 0 Å². The first-order valence-corrected chi connectivity index (χ1v) is 6.71. The Hall–Kier alpha value is -1.16. The van der Waals surface area contributed by atoms with Crippen LogP contribution in [0.4, 0.5) is 5.82 Å². The van der Waals surface area contributed by atoms with Gasteiger partial charge in [-0.25, -0.2) is 9.97 Å². The van der Waals surface area contributed by atoms with E-state index in [2.05, 4.69) is 26.7 Å². The fourth-order valence-electron chi connectivity index (χ4n) is 2.56. The van der Waals surface area contributed by atoms with E-state index >= 15 is 0 Å². The Kier molecular flexibility index (Phi) is 3.22. The number of anilines is 1. The average molecular weight is 232 g/mol. The first-order chi connectivity index (χ1) is 8.42. The monoisotopic (exact) mass is 232 g/mol. The molecule has 1 aromatic rings. The second-order valence-electron chi connectivity index (χ2n) is 5.14. The van der Waals surface area contributed by atoms with Crippen LogP contribution in [0.2, 0.25) is 0 Å². The molecule has 1 saturated carbocycles. The Balaban J connectivity index is 1.65. The fourth-order valence-corrected chi connectivity index (χ4v) is 2.56. The van der Waals surface area contributed by atoms with Crippen LogP contribution in [0.25, 0.3) is 0 Å². The van der Waals surface area contributed by atoms with Crippen LogP contribution in [0.3, 0.4) is 0 Å². The summed E-state index contributed by atoms with van der Waals surface area (Å²) in [6.45, 7) is 2.19. The third-order valence-electron chi connectivity index (χ3n) is 3.86. The lowest BCUT2D eigenvalue weighted by molar-refractivity contribution is 0.410. The second kappa shape index (κ2) is 5.00. The number of hydrogen-bond acceptors (Lipinski definition) is 4. The lowest BCUT2D eigenvalue weighted by atomic mass is 9.83. The van der Waals surface area contributed by atoms with Crippen molar-refractivity contribution >= 4 is 5.82 Å². The highest BCUT2D eigenvalue weighted by Gasteiger charge is 2.21. The van der Waals surface area contributed by atoms with E-state index in [1.807, 2.05) is 0 Å². The molecule has 4 heteroatoms. The third-order valence-corrected chi connectivity index (χ3v) is 3.86. The van der Waals surface area contributed by atoms with E-state index in [1.54, 1.807) is 6.33 Å². The lowest BCUT2D eigenvalue weighted by Crippen LogP contribution is -2.38. The summed E-state index contributed by atoms with van der Waals surface area (Å²) in [4.78, 5) is 8.71. The SMILES string of the molecule is c1nc(NC2CCCNC2)cc(C2CCC2)n1. The molecule has 1 atom stereocenters. The summed E-state index contributed by atoms with van der Waals surface area (Å²) in [5.74, 6) is 1.68. The van der Waals surface area contributed by atoms with Crippen LogP contribution in [0.15, 0.2) is 12.4 Å². The minimum Gasteiger partial charge on any atom is -0.366 e. The summed E-state index contributed by atoms with van der Waals surface area (Å²) in [7, 11) is 0. The zero-order chi connectivity index (χ0) is 11.5. The van der Waals surface area contributed by atoms with Crippen LogP contribution in [0.5, 0.6) is 0 Å². The molecule has 2 N–H and O–H groups in total. The van der Waals surface area contributed by atoms with E-state index in [1.165, 1.54) is 37.8 Å². The van der Waals surface area contributed by atoms with Gasteiger partial charge in [0.25, 0.3) is 0 Å². The molecule has 1 aromatic heterocycles. The Morgan fingerprint density at radius 3 is 2.82 bits per heavy atom. The maximum absolute atomic E-state index is 4.39. The van der Waals surface area contributed by atoms with Crippen molar-refractivity contribution in [3.8, 4) is 0 Å². The van der Waals surface area contributed by atoms with Crippen LogP contribution in [0.1, 0.15) is 43.7 Å². The lowest BCUT2D eigenvalue weighted by Gasteiger charge is -2.26. The van der Waals surface area contributed by atoms with E-state index in [-0.39, 0.29) is 0 Å². The number of nitrogens with zero attached hydrogens (tertiary/aromatic N) is 2. The van der Waals surface area contributed by atoms with Gasteiger partial charge < -0.3 is 10.6 Å². The molecule has 2 heterocycles. The molecule has 17 heavy (non-hydrogen) atoms. The third kappa shape index (κ3) is 2.57. The largest absolute Gasteiger partial charge is 0.366 e. The van der Waals surface area contributed by atoms with E-state index in [0.29, 0.717) is 12.0 Å². The zero-order valence-electron chi connectivity index (χ0n) is 10.2. The van der Waals surface area contributed by atoms with Gasteiger partial charge >= 0.3 is 0 Å². The molecule has 1 aliphatic heterocycles. The van der Waals surface area contributed by atoms with Crippen molar-refractivity contribution in [2.45, 2.75) is 44.1 Å². The highest BCUT2D eigenvalue weighted by Crippen LogP contribution is 2.35. The van der Waals surface area contributed by atoms with Gasteiger partial charge in [-0.1, -0.05) is 6.42 Å². The maximum Gasteiger partial charge on any atom is 0.129 e. The van der Waals surface area contributed by atoms with Gasteiger partial charge in [-0.3, -0.25) is 0 Å². The molecule has 1 saturated heterocycles. The Labute approximate surface area is 102 Å². The first kappa shape index (κ1) is 11.0. The van der Waals surface area contributed by atoms with Crippen LogP contribution in [-0.4, -0.2) is 29.1 Å². The van der Waals surface area contributed by atoms with Gasteiger partial charge in [-0.05, 0) is 32.2 Å². The zero-order valence-corrected chi connectivity index (χ0v) is 10.2. The van der Waals surface area contributed by atoms with Gasteiger partial charge in [-0.15, -0.1) is 0 Å². The van der Waals surface area contributed by atoms with Gasteiger partial charge in [0.05, 0.1) is 0 Å². The molecule has 0 radical (unpaired) electrons. The maximum atomic E-state index is 4.39. The first-order valence-electron chi connectivity index (χ1n) is 6.71. The van der Waals surface area contributed by atoms with Crippen LogP contribution in [0, 0.1) is 0 Å². The summed E-state index contributed by atoms with van der Waals surface area (Å²) in [6.07, 6.45) is 8.12. The summed E-state index contributed by atoms with van der Waals surface area (Å²) < 4.78 is 0. The standard InChI is InChI=1S/C13H20N4/c1-3-10(4-1)12-7-13(16-9-15-12)17-11-5-2-6-14-8-11/h7,9-11,14H,1-6,8H2,(H,15,16,17). The smallest absolute Gasteiger partial charge is 0.129 e. The summed E-state index contributed by atoms with van der Waals surface area (Å²) in [5.41, 5.74) is 1.22. The van der Waals surface area contributed by atoms with Gasteiger partial charge in [0.2, 0.25) is 0 Å². The van der Waals surface area contributed by atoms with Crippen molar-refractivity contribution in [3.63, 3.8) is 0 Å². The van der Waals surface area contributed by atoms with Crippen molar-refractivity contribution in [2.75, 3.05) is 18.4 Å². The van der Waals surface area contributed by atoms with Gasteiger partial charge in [0.15, 0.2) is 0 Å². The van der Waals surface area contributed by atoms with Crippen LogP contribution < -0.4 is 10.6 Å². The normalized spacial score (nSPS) is 25.3. The van der Waals surface area contributed by atoms with Crippen molar-refractivity contribution in [2.24, 2.45) is 0 Å². The quantitative estimate of drug-likeness (QED) is 0.836. The molecule has 3 rings (SSSR count). The summed E-state index contributed by atoms with van der Waals surface area (Å²) in [5, 5.41) is 6.92. The molecule has 92 valence electrons. The molecule has 0 bridgehead atoms. The topological polar surface area (TPSA) is 49.8 Å². The van der Waals surface area contributed by atoms with E-state index in [0.717, 1.165) is 18.9 Å². The predicted molar refractivity (Wildman–Crippen MR) is 68.1 cm³/mol. The van der Waals surface area contributed by atoms with Crippen molar-refractivity contribution < 1.29 is 0 Å². The average Bonchev–Trinajstić information content (AvgIpc) is 2.28. The molecular formula is C13H20N4. The number of aromatic nitrogens is 2. The van der Waals surface area contributed by atoms with Crippen molar-refractivity contribution in [3.05, 3.63) is 18.1 Å². The minimum absolute atomic E-state index is 0.521. The highest BCUT2D eigenvalue weighted by molar-refractivity contribution is 5.37. The molecule has 1 unspecified atom stereocenters. The van der Waals surface area contributed by atoms with E-state index in [4.69, 9.17) is 0 Å². The Morgan fingerprint density at radius 2 is 2.12 bits per heavy atom. The summed E-state index contributed by atoms with van der Waals surface area (Å²) >= 11 is 0. The highest BCUT2D eigenvalue weighted by atomic mass is 15.1. The molecule has 2 aliphatic rings. The Morgan fingerprint density at radius 1 is 1.18 bits per heavy atom. The number of nitrogens with one attached hydrogen (secondary N) is 2. The van der Waals surface area contributed by atoms with Crippen molar-refractivity contribution in [1.82, 2.24) is 15.3 Å². The van der Waals surface area contributed by atoms with Crippen molar-refractivity contribution in [1.29, 1.82) is 0 Å². The number of piperidine rings is 1. The molecule has 4 nitrogen and oxygen atoms in total. The van der Waals surface area contributed by atoms with Gasteiger partial charge in [0.1, 0.15) is 12.1 Å². The van der Waals surface area contributed by atoms with Crippen LogP contribution >= 0.6 is 0 Å². The van der Waals surface area contributed by atoms with E-state index in [9.17, 15) is 0 Å². The predicted octanol–water partition coefficient (Wildman–Crippen LogP) is 1.91. The Bertz CT molecular complexity index is 369. The number of rotatable bonds is 3. The van der Waals surface area contributed by atoms with E-state index < -0.39 is 0 Å². The van der Waals surface area contributed by atoms with Crippen LogP contribution in [-0.2, 0) is 0 Å². The molecule has 0 spiro atoms. The molecule has 2 fully saturated rings. The number of hydrogen-bond donors (Lipinski definition) is 2. The molecular weight excluding hydrogens is 212 g/mol. The second-order valence-corrected chi connectivity index (χ2v) is 5.14. The summed E-state index contributed by atoms with van der Waals surface area (Å²) in [6, 6.07) is 2.66. The fraction of sp³-hybridized carbons (Fsp3) is 0.692. The molecule has 0 amide bonds. The van der Waals surface area contributed by atoms with Gasteiger partial charge in [0, 0.05) is 30.3 Å². The molecule has 0 aromatic carbocycles. The minimum atomic E-state index is 0.521.